The Morgan fingerprint density at radius 3 is 2.33 bits per heavy atom. The Bertz CT molecular complexity index is 560. The quantitative estimate of drug-likeness (QED) is 0.439. The van der Waals surface area contributed by atoms with Gasteiger partial charge in [0, 0.05) is 15.6 Å². The van der Waals surface area contributed by atoms with Gasteiger partial charge in [0.15, 0.2) is 0 Å². The van der Waals surface area contributed by atoms with Gasteiger partial charge < -0.3 is 4.74 Å². The highest BCUT2D eigenvalue weighted by atomic mass is 35.5. The van der Waals surface area contributed by atoms with Crippen molar-refractivity contribution in [3.63, 3.8) is 0 Å². The maximum Gasteiger partial charge on any atom is 0.119 e. The molecule has 0 unspecified atom stereocenters. The molecule has 0 bridgehead atoms. The van der Waals surface area contributed by atoms with Crippen LogP contribution in [0.2, 0.25) is 5.02 Å². The highest BCUT2D eigenvalue weighted by molar-refractivity contribution is 6.30. The SMILES string of the molecule is [N-]=[N+]=Nc1ccc(OCc2ccc(Cl)cc2)cc1. The molecular formula is C13H10ClN3O. The molecule has 0 amide bonds. The van der Waals surface area contributed by atoms with E-state index in [2.05, 4.69) is 10.0 Å². The lowest BCUT2D eigenvalue weighted by molar-refractivity contribution is 0.306. The van der Waals surface area contributed by atoms with Crippen LogP contribution in [0, 0.1) is 0 Å². The molecule has 0 radical (unpaired) electrons. The van der Waals surface area contributed by atoms with Crippen LogP contribution in [0.15, 0.2) is 53.6 Å². The van der Waals surface area contributed by atoms with Crippen molar-refractivity contribution in [2.45, 2.75) is 6.61 Å². The number of ether oxygens (including phenoxy) is 1. The number of hydrogen-bond acceptors (Lipinski definition) is 2. The lowest BCUT2D eigenvalue weighted by Gasteiger charge is -2.06. The van der Waals surface area contributed by atoms with Gasteiger partial charge in [0.25, 0.3) is 0 Å². The van der Waals surface area contributed by atoms with Crippen LogP contribution < -0.4 is 4.74 Å². The molecule has 0 fully saturated rings. The molecule has 0 N–H and O–H groups in total. The van der Waals surface area contributed by atoms with E-state index in [1.54, 1.807) is 24.3 Å². The van der Waals surface area contributed by atoms with Crippen LogP contribution in [0.25, 0.3) is 10.4 Å². The highest BCUT2D eigenvalue weighted by Crippen LogP contribution is 2.19. The molecule has 0 atom stereocenters. The average Bonchev–Trinajstić information content (AvgIpc) is 2.40. The standard InChI is InChI=1S/C13H10ClN3O/c14-11-3-1-10(2-4-11)9-18-13-7-5-12(6-8-13)16-17-15/h1-8H,9H2. The molecule has 0 heterocycles. The number of rotatable bonds is 4. The fourth-order valence-corrected chi connectivity index (χ4v) is 1.53. The Kier molecular flexibility index (Phi) is 4.07. The van der Waals surface area contributed by atoms with Crippen LogP contribution in [0.5, 0.6) is 5.75 Å². The normalized spacial score (nSPS) is 9.61. The second kappa shape index (κ2) is 5.96. The minimum atomic E-state index is 0.470. The zero-order valence-corrected chi connectivity index (χ0v) is 10.2. The summed E-state index contributed by atoms with van der Waals surface area (Å²) in [6.07, 6.45) is 0. The monoisotopic (exact) mass is 259 g/mol. The molecule has 0 spiro atoms. The van der Waals surface area contributed by atoms with Gasteiger partial charge in [-0.3, -0.25) is 0 Å². The molecule has 0 saturated carbocycles. The van der Waals surface area contributed by atoms with Crippen molar-refractivity contribution >= 4 is 17.3 Å². The third-order valence-corrected chi connectivity index (χ3v) is 2.57. The van der Waals surface area contributed by atoms with E-state index in [0.717, 1.165) is 11.3 Å². The van der Waals surface area contributed by atoms with E-state index in [0.29, 0.717) is 17.3 Å². The largest absolute Gasteiger partial charge is 0.489 e. The van der Waals surface area contributed by atoms with Gasteiger partial charge in [-0.05, 0) is 47.5 Å². The van der Waals surface area contributed by atoms with Gasteiger partial charge in [-0.2, -0.15) is 0 Å². The molecule has 90 valence electrons. The Labute approximate surface area is 109 Å². The smallest absolute Gasteiger partial charge is 0.119 e. The van der Waals surface area contributed by atoms with Crippen molar-refractivity contribution in [1.82, 2.24) is 0 Å². The van der Waals surface area contributed by atoms with Crippen molar-refractivity contribution in [1.29, 1.82) is 0 Å². The minimum absolute atomic E-state index is 0.470. The lowest BCUT2D eigenvalue weighted by atomic mass is 10.2. The minimum Gasteiger partial charge on any atom is -0.489 e. The number of azide groups is 1. The van der Waals surface area contributed by atoms with E-state index >= 15 is 0 Å². The van der Waals surface area contributed by atoms with Crippen molar-refractivity contribution in [2.75, 3.05) is 0 Å². The van der Waals surface area contributed by atoms with Crippen molar-refractivity contribution < 1.29 is 4.74 Å². The summed E-state index contributed by atoms with van der Waals surface area (Å²) >= 11 is 5.80. The Morgan fingerprint density at radius 1 is 1.06 bits per heavy atom. The molecular weight excluding hydrogens is 250 g/mol. The zero-order valence-electron chi connectivity index (χ0n) is 9.45. The number of hydrogen-bond donors (Lipinski definition) is 0. The summed E-state index contributed by atoms with van der Waals surface area (Å²) in [4.78, 5) is 2.71. The summed E-state index contributed by atoms with van der Waals surface area (Å²) in [6.45, 7) is 0.470. The van der Waals surface area contributed by atoms with Crippen LogP contribution in [0.3, 0.4) is 0 Å². The molecule has 0 saturated heterocycles. The maximum atomic E-state index is 8.28. The van der Waals surface area contributed by atoms with E-state index in [1.807, 2.05) is 24.3 Å². The molecule has 0 aliphatic rings. The first-order chi connectivity index (χ1) is 8.78. The van der Waals surface area contributed by atoms with Crippen molar-refractivity contribution in [2.24, 2.45) is 5.11 Å². The molecule has 0 aliphatic heterocycles. The van der Waals surface area contributed by atoms with E-state index in [4.69, 9.17) is 21.9 Å². The predicted molar refractivity (Wildman–Crippen MR) is 71.0 cm³/mol. The second-order valence-electron chi connectivity index (χ2n) is 3.60. The number of halogens is 1. The van der Waals surface area contributed by atoms with Crippen LogP contribution in [0.1, 0.15) is 5.56 Å². The predicted octanol–water partition coefficient (Wildman–Crippen LogP) is 4.86. The molecule has 2 aromatic rings. The van der Waals surface area contributed by atoms with E-state index in [-0.39, 0.29) is 0 Å². The van der Waals surface area contributed by atoms with Gasteiger partial charge in [0.2, 0.25) is 0 Å². The summed E-state index contributed by atoms with van der Waals surface area (Å²) in [7, 11) is 0. The highest BCUT2D eigenvalue weighted by Gasteiger charge is 1.96. The summed E-state index contributed by atoms with van der Waals surface area (Å²) in [5.41, 5.74) is 9.89. The summed E-state index contributed by atoms with van der Waals surface area (Å²) in [5.74, 6) is 0.724. The molecule has 2 rings (SSSR count). The number of nitrogens with zero attached hydrogens (tertiary/aromatic N) is 3. The molecule has 18 heavy (non-hydrogen) atoms. The van der Waals surface area contributed by atoms with Crippen LogP contribution in [0.4, 0.5) is 5.69 Å². The van der Waals surface area contributed by atoms with Gasteiger partial charge in [-0.15, -0.1) is 0 Å². The van der Waals surface area contributed by atoms with Crippen molar-refractivity contribution in [3.05, 3.63) is 69.6 Å². The molecule has 0 aliphatic carbocycles. The maximum absolute atomic E-state index is 8.28. The van der Waals surface area contributed by atoms with Gasteiger partial charge >= 0.3 is 0 Å². The summed E-state index contributed by atoms with van der Waals surface area (Å²) in [6, 6.07) is 14.4. The Balaban J connectivity index is 1.97. The van der Waals surface area contributed by atoms with E-state index in [9.17, 15) is 0 Å². The fraction of sp³-hybridized carbons (Fsp3) is 0.0769. The molecule has 4 nitrogen and oxygen atoms in total. The molecule has 2 aromatic carbocycles. The van der Waals surface area contributed by atoms with E-state index < -0.39 is 0 Å². The van der Waals surface area contributed by atoms with Crippen LogP contribution in [-0.2, 0) is 6.61 Å². The summed E-state index contributed by atoms with van der Waals surface area (Å²) in [5, 5.41) is 4.19. The van der Waals surface area contributed by atoms with Gasteiger partial charge in [-0.1, -0.05) is 28.8 Å². The van der Waals surface area contributed by atoms with E-state index in [1.165, 1.54) is 0 Å². The van der Waals surface area contributed by atoms with Gasteiger partial charge in [0.05, 0.1) is 0 Å². The first-order valence-electron chi connectivity index (χ1n) is 5.30. The first kappa shape index (κ1) is 12.3. The topological polar surface area (TPSA) is 58.0 Å². The summed E-state index contributed by atoms with van der Waals surface area (Å²) < 4.78 is 5.59. The van der Waals surface area contributed by atoms with Crippen LogP contribution >= 0.6 is 11.6 Å². The third-order valence-electron chi connectivity index (χ3n) is 2.32. The molecule has 5 heteroatoms. The van der Waals surface area contributed by atoms with Crippen LogP contribution in [-0.4, -0.2) is 0 Å². The first-order valence-corrected chi connectivity index (χ1v) is 5.68. The zero-order chi connectivity index (χ0) is 12.8. The van der Waals surface area contributed by atoms with Crippen molar-refractivity contribution in [3.8, 4) is 5.75 Å². The third kappa shape index (κ3) is 3.42. The Hall–Kier alpha value is -2.16. The fourth-order valence-electron chi connectivity index (χ4n) is 1.41. The Morgan fingerprint density at radius 2 is 1.72 bits per heavy atom. The molecule has 0 aromatic heterocycles. The average molecular weight is 260 g/mol. The van der Waals surface area contributed by atoms with Gasteiger partial charge in [0.1, 0.15) is 12.4 Å². The number of benzene rings is 2. The lowest BCUT2D eigenvalue weighted by Crippen LogP contribution is -1.94. The second-order valence-corrected chi connectivity index (χ2v) is 4.03. The van der Waals surface area contributed by atoms with Gasteiger partial charge in [-0.25, -0.2) is 0 Å².